The minimum absolute atomic E-state index is 0.661. The first-order valence-corrected chi connectivity index (χ1v) is 6.26. The van der Waals surface area contributed by atoms with E-state index in [2.05, 4.69) is 15.5 Å². The van der Waals surface area contributed by atoms with Crippen LogP contribution < -0.4 is 5.32 Å². The number of thioether (sulfide) groups is 1. The molecule has 1 fully saturated rings. The molecule has 2 atom stereocenters. The van der Waals surface area contributed by atoms with Crippen LogP contribution in [0, 0.1) is 0 Å². The third-order valence-electron chi connectivity index (χ3n) is 2.42. The highest BCUT2D eigenvalue weighted by Crippen LogP contribution is 2.35. The first-order valence-electron chi connectivity index (χ1n) is 4.50. The third-order valence-corrected chi connectivity index (χ3v) is 4.63. The average Bonchev–Trinajstić information content (AvgIpc) is 2.76. The van der Waals surface area contributed by atoms with E-state index in [1.807, 2.05) is 18.8 Å². The molecule has 3 nitrogen and oxygen atoms in total. The van der Waals surface area contributed by atoms with Gasteiger partial charge in [-0.25, -0.2) is 0 Å². The molecule has 0 saturated heterocycles. The number of nitrogens with zero attached hydrogens (tertiary/aromatic N) is 2. The summed E-state index contributed by atoms with van der Waals surface area (Å²) < 4.78 is 1.10. The van der Waals surface area contributed by atoms with Crippen molar-refractivity contribution >= 4 is 23.1 Å². The predicted molar refractivity (Wildman–Crippen MR) is 56.3 cm³/mol. The lowest BCUT2D eigenvalue weighted by molar-refractivity contribution is 0.591. The van der Waals surface area contributed by atoms with Crippen LogP contribution in [0.5, 0.6) is 0 Å². The van der Waals surface area contributed by atoms with Gasteiger partial charge in [-0.3, -0.25) is 0 Å². The summed E-state index contributed by atoms with van der Waals surface area (Å²) in [5.74, 6) is 0. The normalized spacial score (nSPS) is 28.1. The fourth-order valence-corrected chi connectivity index (χ4v) is 3.82. The molecule has 72 valence electrons. The van der Waals surface area contributed by atoms with Gasteiger partial charge in [-0.2, -0.15) is 0 Å². The number of hydrogen-bond acceptors (Lipinski definition) is 5. The van der Waals surface area contributed by atoms with Crippen LogP contribution in [0.25, 0.3) is 0 Å². The van der Waals surface area contributed by atoms with E-state index in [1.54, 1.807) is 16.8 Å². The highest BCUT2D eigenvalue weighted by Gasteiger charge is 2.27. The van der Waals surface area contributed by atoms with Crippen LogP contribution >= 0.6 is 23.1 Å². The van der Waals surface area contributed by atoms with Crippen molar-refractivity contribution in [1.29, 1.82) is 0 Å². The summed E-state index contributed by atoms with van der Waals surface area (Å²) in [5.41, 5.74) is 1.80. The van der Waals surface area contributed by atoms with Gasteiger partial charge in [-0.15, -0.1) is 10.2 Å². The first-order chi connectivity index (χ1) is 6.40. The molecular weight excluding hydrogens is 202 g/mol. The zero-order valence-electron chi connectivity index (χ0n) is 7.56. The number of hydrogen-bond donors (Lipinski definition) is 1. The Hall–Kier alpha value is -0.130. The fourth-order valence-electron chi connectivity index (χ4n) is 1.74. The molecule has 0 spiro atoms. The summed E-state index contributed by atoms with van der Waals surface area (Å²) in [4.78, 5) is 0. The predicted octanol–water partition coefficient (Wildman–Crippen LogP) is 1.77. The molecule has 13 heavy (non-hydrogen) atoms. The molecular formula is C8H13N3S2. The Balaban J connectivity index is 1.94. The van der Waals surface area contributed by atoms with Gasteiger partial charge in [0.2, 0.25) is 0 Å². The van der Waals surface area contributed by atoms with Crippen LogP contribution in [0.4, 0.5) is 0 Å². The minimum atomic E-state index is 0.661. The highest BCUT2D eigenvalue weighted by atomic mass is 32.2. The van der Waals surface area contributed by atoms with E-state index in [9.17, 15) is 0 Å². The van der Waals surface area contributed by atoms with Crippen molar-refractivity contribution < 1.29 is 0 Å². The molecule has 1 aliphatic rings. The molecule has 1 heterocycles. The zero-order chi connectivity index (χ0) is 9.10. The van der Waals surface area contributed by atoms with Crippen LogP contribution in [0.3, 0.4) is 0 Å². The van der Waals surface area contributed by atoms with E-state index in [0.29, 0.717) is 11.3 Å². The van der Waals surface area contributed by atoms with Crippen molar-refractivity contribution in [2.45, 2.75) is 34.9 Å². The third kappa shape index (κ3) is 2.21. The van der Waals surface area contributed by atoms with Crippen molar-refractivity contribution in [2.75, 3.05) is 7.05 Å². The molecule has 5 heteroatoms. The minimum Gasteiger partial charge on any atom is -0.316 e. The molecule has 0 aliphatic heterocycles. The largest absolute Gasteiger partial charge is 0.316 e. The quantitative estimate of drug-likeness (QED) is 0.834. The van der Waals surface area contributed by atoms with Crippen LogP contribution in [0.15, 0.2) is 9.85 Å². The molecule has 0 amide bonds. The van der Waals surface area contributed by atoms with Gasteiger partial charge < -0.3 is 5.32 Å². The summed E-state index contributed by atoms with van der Waals surface area (Å²) in [6, 6.07) is 0.661. The van der Waals surface area contributed by atoms with Crippen molar-refractivity contribution in [3.05, 3.63) is 5.51 Å². The van der Waals surface area contributed by atoms with E-state index >= 15 is 0 Å². The van der Waals surface area contributed by atoms with E-state index in [4.69, 9.17) is 0 Å². The lowest BCUT2D eigenvalue weighted by Crippen LogP contribution is -2.30. The van der Waals surface area contributed by atoms with Gasteiger partial charge in [-0.1, -0.05) is 29.5 Å². The van der Waals surface area contributed by atoms with Crippen LogP contribution in [-0.2, 0) is 0 Å². The topological polar surface area (TPSA) is 37.8 Å². The van der Waals surface area contributed by atoms with Crippen molar-refractivity contribution in [3.63, 3.8) is 0 Å². The molecule has 1 N–H and O–H groups in total. The first kappa shape index (κ1) is 9.43. The standard InChI is InChI=1S/C8H13N3S2/c1-9-6-3-2-4-7(6)13-8-11-10-5-12-8/h5-7,9H,2-4H2,1H3. The van der Waals surface area contributed by atoms with E-state index in [0.717, 1.165) is 4.34 Å². The van der Waals surface area contributed by atoms with Crippen LogP contribution in [-0.4, -0.2) is 28.5 Å². The maximum atomic E-state index is 4.05. The Kier molecular flexibility index (Phi) is 3.18. The van der Waals surface area contributed by atoms with Gasteiger partial charge in [0.25, 0.3) is 0 Å². The summed E-state index contributed by atoms with van der Waals surface area (Å²) in [6.45, 7) is 0. The van der Waals surface area contributed by atoms with Gasteiger partial charge >= 0.3 is 0 Å². The number of rotatable bonds is 3. The van der Waals surface area contributed by atoms with E-state index < -0.39 is 0 Å². The lowest BCUT2D eigenvalue weighted by atomic mass is 10.2. The smallest absolute Gasteiger partial charge is 0.174 e. The molecule has 1 aromatic heterocycles. The van der Waals surface area contributed by atoms with Crippen molar-refractivity contribution in [1.82, 2.24) is 15.5 Å². The Morgan fingerprint density at radius 3 is 3.23 bits per heavy atom. The number of aromatic nitrogens is 2. The summed E-state index contributed by atoms with van der Waals surface area (Å²) >= 11 is 3.51. The summed E-state index contributed by atoms with van der Waals surface area (Å²) in [7, 11) is 2.05. The molecule has 1 saturated carbocycles. The summed E-state index contributed by atoms with van der Waals surface area (Å²) in [6.07, 6.45) is 3.94. The monoisotopic (exact) mass is 215 g/mol. The highest BCUT2D eigenvalue weighted by molar-refractivity contribution is 8.01. The SMILES string of the molecule is CNC1CCCC1Sc1nncs1. The Labute approximate surface area is 86.3 Å². The van der Waals surface area contributed by atoms with Gasteiger partial charge in [0.15, 0.2) is 4.34 Å². The Bertz CT molecular complexity index is 250. The van der Waals surface area contributed by atoms with Crippen molar-refractivity contribution in [2.24, 2.45) is 0 Å². The molecule has 0 radical (unpaired) electrons. The van der Waals surface area contributed by atoms with Gasteiger partial charge in [0, 0.05) is 11.3 Å². The van der Waals surface area contributed by atoms with Gasteiger partial charge in [0.1, 0.15) is 5.51 Å². The molecule has 2 rings (SSSR count). The average molecular weight is 215 g/mol. The van der Waals surface area contributed by atoms with E-state index in [1.165, 1.54) is 19.3 Å². The van der Waals surface area contributed by atoms with Gasteiger partial charge in [-0.05, 0) is 19.9 Å². The van der Waals surface area contributed by atoms with Crippen LogP contribution in [0.2, 0.25) is 0 Å². The second-order valence-corrected chi connectivity index (χ2v) is 5.51. The van der Waals surface area contributed by atoms with Crippen LogP contribution in [0.1, 0.15) is 19.3 Å². The number of nitrogens with one attached hydrogen (secondary N) is 1. The van der Waals surface area contributed by atoms with Crippen molar-refractivity contribution in [3.8, 4) is 0 Å². The Morgan fingerprint density at radius 2 is 2.54 bits per heavy atom. The Morgan fingerprint density at radius 1 is 1.62 bits per heavy atom. The zero-order valence-corrected chi connectivity index (χ0v) is 9.20. The molecule has 0 aromatic carbocycles. The molecule has 1 aromatic rings. The van der Waals surface area contributed by atoms with E-state index in [-0.39, 0.29) is 0 Å². The second-order valence-electron chi connectivity index (χ2n) is 3.19. The molecule has 0 bridgehead atoms. The fraction of sp³-hybridized carbons (Fsp3) is 0.750. The van der Waals surface area contributed by atoms with Gasteiger partial charge in [0.05, 0.1) is 0 Å². The second kappa shape index (κ2) is 4.39. The molecule has 1 aliphatic carbocycles. The maximum Gasteiger partial charge on any atom is 0.174 e. The molecule has 2 unspecified atom stereocenters. The maximum absolute atomic E-state index is 4.05. The lowest BCUT2D eigenvalue weighted by Gasteiger charge is -2.16. The summed E-state index contributed by atoms with van der Waals surface area (Å²) in [5, 5.41) is 11.9.